The Bertz CT molecular complexity index is 359. The lowest BCUT2D eigenvalue weighted by atomic mass is 10.1. The van der Waals surface area contributed by atoms with Crippen molar-refractivity contribution in [1.29, 1.82) is 5.41 Å². The van der Waals surface area contributed by atoms with Crippen LogP contribution in [0.3, 0.4) is 0 Å². The summed E-state index contributed by atoms with van der Waals surface area (Å²) in [7, 11) is 0. The van der Waals surface area contributed by atoms with Gasteiger partial charge in [0.05, 0.1) is 0 Å². The molecule has 0 aliphatic rings. The standard InChI is InChI=1S/C11H16BrN3/c1-3-15(4-2)10-7-8(12)5-6-9(10)11(13)14/h5-7H,3-4H2,1-2H3,(H3,13,14). The molecule has 0 fully saturated rings. The lowest BCUT2D eigenvalue weighted by molar-refractivity contribution is 0.864. The summed E-state index contributed by atoms with van der Waals surface area (Å²) in [6.07, 6.45) is 0. The first kappa shape index (κ1) is 12.0. The molecule has 0 atom stereocenters. The molecule has 0 amide bonds. The molecule has 0 saturated carbocycles. The third-order valence-electron chi connectivity index (χ3n) is 2.35. The van der Waals surface area contributed by atoms with Crippen LogP contribution < -0.4 is 10.6 Å². The molecule has 1 aromatic carbocycles. The average Bonchev–Trinajstić information content (AvgIpc) is 2.19. The number of benzene rings is 1. The van der Waals surface area contributed by atoms with Crippen LogP contribution in [0.1, 0.15) is 19.4 Å². The molecule has 0 aliphatic heterocycles. The zero-order chi connectivity index (χ0) is 11.4. The number of anilines is 1. The van der Waals surface area contributed by atoms with Crippen molar-refractivity contribution < 1.29 is 0 Å². The van der Waals surface area contributed by atoms with Crippen LogP contribution in [0.4, 0.5) is 5.69 Å². The fourth-order valence-electron chi connectivity index (χ4n) is 1.56. The topological polar surface area (TPSA) is 53.1 Å². The summed E-state index contributed by atoms with van der Waals surface area (Å²) in [6, 6.07) is 5.79. The molecular weight excluding hydrogens is 254 g/mol. The molecule has 0 heterocycles. The smallest absolute Gasteiger partial charge is 0.124 e. The molecule has 1 rings (SSSR count). The molecule has 0 radical (unpaired) electrons. The zero-order valence-electron chi connectivity index (χ0n) is 9.05. The van der Waals surface area contributed by atoms with E-state index in [9.17, 15) is 0 Å². The summed E-state index contributed by atoms with van der Waals surface area (Å²) in [4.78, 5) is 2.18. The van der Waals surface area contributed by atoms with Crippen molar-refractivity contribution in [3.8, 4) is 0 Å². The molecule has 3 nitrogen and oxygen atoms in total. The predicted molar refractivity (Wildman–Crippen MR) is 68.7 cm³/mol. The summed E-state index contributed by atoms with van der Waals surface area (Å²) in [6.45, 7) is 6.00. The minimum atomic E-state index is 0.115. The van der Waals surface area contributed by atoms with Gasteiger partial charge in [0.25, 0.3) is 0 Å². The summed E-state index contributed by atoms with van der Waals surface area (Å²) in [5, 5.41) is 7.53. The van der Waals surface area contributed by atoms with Crippen LogP contribution >= 0.6 is 15.9 Å². The number of amidine groups is 1. The molecule has 15 heavy (non-hydrogen) atoms. The van der Waals surface area contributed by atoms with Gasteiger partial charge in [-0.2, -0.15) is 0 Å². The van der Waals surface area contributed by atoms with Crippen molar-refractivity contribution in [3.05, 3.63) is 28.2 Å². The van der Waals surface area contributed by atoms with Crippen LogP contribution in [0.15, 0.2) is 22.7 Å². The Balaban J connectivity index is 3.22. The van der Waals surface area contributed by atoms with E-state index in [1.54, 1.807) is 0 Å². The van der Waals surface area contributed by atoms with Gasteiger partial charge in [0, 0.05) is 28.8 Å². The van der Waals surface area contributed by atoms with Crippen LogP contribution in [0, 0.1) is 5.41 Å². The normalized spacial score (nSPS) is 10.1. The van der Waals surface area contributed by atoms with E-state index in [4.69, 9.17) is 11.1 Å². The van der Waals surface area contributed by atoms with E-state index in [1.807, 2.05) is 18.2 Å². The van der Waals surface area contributed by atoms with E-state index < -0.39 is 0 Å². The van der Waals surface area contributed by atoms with E-state index >= 15 is 0 Å². The molecule has 0 aliphatic carbocycles. The Hall–Kier alpha value is -1.03. The van der Waals surface area contributed by atoms with Crippen LogP contribution in [0.25, 0.3) is 0 Å². The van der Waals surface area contributed by atoms with E-state index in [0.29, 0.717) is 0 Å². The van der Waals surface area contributed by atoms with Crippen molar-refractivity contribution >= 4 is 27.5 Å². The first-order valence-corrected chi connectivity index (χ1v) is 5.78. The van der Waals surface area contributed by atoms with Crippen LogP contribution in [-0.2, 0) is 0 Å². The number of nitrogen functional groups attached to an aromatic ring is 1. The maximum atomic E-state index is 7.53. The Morgan fingerprint density at radius 1 is 1.40 bits per heavy atom. The van der Waals surface area contributed by atoms with Gasteiger partial charge >= 0.3 is 0 Å². The van der Waals surface area contributed by atoms with Crippen LogP contribution in [0.2, 0.25) is 0 Å². The first-order valence-electron chi connectivity index (χ1n) is 4.99. The summed E-state index contributed by atoms with van der Waals surface area (Å²) in [5.74, 6) is 0.115. The third kappa shape index (κ3) is 2.72. The molecule has 0 spiro atoms. The Kier molecular flexibility index (Phi) is 4.15. The molecule has 4 heteroatoms. The monoisotopic (exact) mass is 269 g/mol. The van der Waals surface area contributed by atoms with Gasteiger partial charge in [-0.3, -0.25) is 5.41 Å². The number of nitrogens with two attached hydrogens (primary N) is 1. The highest BCUT2D eigenvalue weighted by atomic mass is 79.9. The van der Waals surface area contributed by atoms with Crippen molar-refractivity contribution in [1.82, 2.24) is 0 Å². The van der Waals surface area contributed by atoms with Crippen molar-refractivity contribution in [2.45, 2.75) is 13.8 Å². The molecular formula is C11H16BrN3. The molecule has 82 valence electrons. The lowest BCUT2D eigenvalue weighted by Gasteiger charge is -2.24. The van der Waals surface area contributed by atoms with Gasteiger partial charge in [-0.05, 0) is 32.0 Å². The number of nitrogens with one attached hydrogen (secondary N) is 1. The van der Waals surface area contributed by atoms with Crippen molar-refractivity contribution in [2.24, 2.45) is 5.73 Å². The van der Waals surface area contributed by atoms with E-state index in [2.05, 4.69) is 34.7 Å². The minimum absolute atomic E-state index is 0.115. The largest absolute Gasteiger partial charge is 0.384 e. The predicted octanol–water partition coefficient (Wildman–Crippen LogP) is 2.58. The maximum absolute atomic E-state index is 7.53. The quantitative estimate of drug-likeness (QED) is 0.652. The van der Waals surface area contributed by atoms with E-state index in [0.717, 1.165) is 28.8 Å². The third-order valence-corrected chi connectivity index (χ3v) is 2.85. The Labute approximate surface area is 98.9 Å². The van der Waals surface area contributed by atoms with Gasteiger partial charge in [-0.25, -0.2) is 0 Å². The van der Waals surface area contributed by atoms with E-state index in [-0.39, 0.29) is 5.84 Å². The molecule has 0 bridgehead atoms. The summed E-state index contributed by atoms with van der Waals surface area (Å²) >= 11 is 3.43. The van der Waals surface area contributed by atoms with Crippen molar-refractivity contribution in [3.63, 3.8) is 0 Å². The second-order valence-electron chi connectivity index (χ2n) is 3.25. The highest BCUT2D eigenvalue weighted by molar-refractivity contribution is 9.10. The molecule has 0 unspecified atom stereocenters. The number of hydrogen-bond acceptors (Lipinski definition) is 2. The fraction of sp³-hybridized carbons (Fsp3) is 0.364. The van der Waals surface area contributed by atoms with E-state index in [1.165, 1.54) is 0 Å². The number of rotatable bonds is 4. The van der Waals surface area contributed by atoms with Gasteiger partial charge < -0.3 is 10.6 Å². The number of nitrogens with zero attached hydrogens (tertiary/aromatic N) is 1. The van der Waals surface area contributed by atoms with Crippen molar-refractivity contribution in [2.75, 3.05) is 18.0 Å². The van der Waals surface area contributed by atoms with Crippen LogP contribution in [-0.4, -0.2) is 18.9 Å². The first-order chi connectivity index (χ1) is 7.10. The molecule has 3 N–H and O–H groups in total. The highest BCUT2D eigenvalue weighted by Gasteiger charge is 2.10. The van der Waals surface area contributed by atoms with Gasteiger partial charge in [0.15, 0.2) is 0 Å². The second kappa shape index (κ2) is 5.16. The minimum Gasteiger partial charge on any atom is -0.384 e. The Morgan fingerprint density at radius 2 is 2.00 bits per heavy atom. The fourth-order valence-corrected chi connectivity index (χ4v) is 1.91. The van der Waals surface area contributed by atoms with Gasteiger partial charge in [-0.15, -0.1) is 0 Å². The zero-order valence-corrected chi connectivity index (χ0v) is 10.6. The second-order valence-corrected chi connectivity index (χ2v) is 4.16. The highest BCUT2D eigenvalue weighted by Crippen LogP contribution is 2.24. The number of halogens is 1. The number of hydrogen-bond donors (Lipinski definition) is 2. The van der Waals surface area contributed by atoms with Crippen LogP contribution in [0.5, 0.6) is 0 Å². The Morgan fingerprint density at radius 3 is 2.47 bits per heavy atom. The van der Waals surface area contributed by atoms with Gasteiger partial charge in [0.2, 0.25) is 0 Å². The lowest BCUT2D eigenvalue weighted by Crippen LogP contribution is -2.25. The van der Waals surface area contributed by atoms with Gasteiger partial charge in [-0.1, -0.05) is 15.9 Å². The van der Waals surface area contributed by atoms with Gasteiger partial charge in [0.1, 0.15) is 5.84 Å². The molecule has 0 saturated heterocycles. The molecule has 0 aromatic heterocycles. The average molecular weight is 270 g/mol. The summed E-state index contributed by atoms with van der Waals surface area (Å²) < 4.78 is 1.01. The molecule has 1 aromatic rings. The summed E-state index contributed by atoms with van der Waals surface area (Å²) in [5.41, 5.74) is 7.36. The SMILES string of the molecule is CCN(CC)c1cc(Br)ccc1C(=N)N. The maximum Gasteiger partial charge on any atom is 0.124 e.